The molecular weight excluding hydrogens is 421 g/mol. The van der Waals surface area contributed by atoms with E-state index in [0.717, 1.165) is 44.3 Å². The van der Waals surface area contributed by atoms with Gasteiger partial charge in [-0.15, -0.1) is 0 Å². The van der Waals surface area contributed by atoms with Crippen LogP contribution < -0.4 is 14.8 Å². The third-order valence-electron chi connectivity index (χ3n) is 5.46. The molecule has 1 aliphatic heterocycles. The molecular formula is C23H25ClFN3O3. The maximum Gasteiger partial charge on any atom is 0.162 e. The molecule has 1 fully saturated rings. The maximum atomic E-state index is 13.5. The molecule has 0 bridgehead atoms. The van der Waals surface area contributed by atoms with Crippen molar-refractivity contribution in [2.24, 2.45) is 5.92 Å². The van der Waals surface area contributed by atoms with Crippen molar-refractivity contribution in [2.45, 2.75) is 25.7 Å². The number of hydrogen-bond donors (Lipinski definition) is 1. The Balaban J connectivity index is 1.51. The summed E-state index contributed by atoms with van der Waals surface area (Å²) >= 11 is 5.90. The number of hydrogen-bond acceptors (Lipinski definition) is 6. The minimum absolute atomic E-state index is 0.0404. The van der Waals surface area contributed by atoms with Gasteiger partial charge in [-0.3, -0.25) is 0 Å². The molecule has 0 unspecified atom stereocenters. The average Bonchev–Trinajstić information content (AvgIpc) is 2.79. The lowest BCUT2D eigenvalue weighted by molar-refractivity contribution is 0.0620. The van der Waals surface area contributed by atoms with E-state index >= 15 is 0 Å². The predicted molar refractivity (Wildman–Crippen MR) is 119 cm³/mol. The van der Waals surface area contributed by atoms with Gasteiger partial charge in [0.1, 0.15) is 18.0 Å². The molecule has 0 saturated carbocycles. The van der Waals surface area contributed by atoms with Crippen molar-refractivity contribution in [1.82, 2.24) is 9.97 Å². The molecule has 0 radical (unpaired) electrons. The number of halogens is 2. The molecule has 31 heavy (non-hydrogen) atoms. The van der Waals surface area contributed by atoms with Crippen LogP contribution in [0.5, 0.6) is 11.5 Å². The largest absolute Gasteiger partial charge is 0.493 e. The number of anilines is 2. The Kier molecular flexibility index (Phi) is 7.04. The normalized spacial score (nSPS) is 14.5. The monoisotopic (exact) mass is 445 g/mol. The van der Waals surface area contributed by atoms with Crippen molar-refractivity contribution in [3.8, 4) is 11.5 Å². The molecule has 4 rings (SSSR count). The Morgan fingerprint density at radius 1 is 1.16 bits per heavy atom. The lowest BCUT2D eigenvalue weighted by atomic mass is 9.95. The fourth-order valence-electron chi connectivity index (χ4n) is 3.74. The Bertz CT molecular complexity index is 1040. The van der Waals surface area contributed by atoms with Gasteiger partial charge in [0.15, 0.2) is 11.5 Å². The minimum atomic E-state index is -0.471. The molecule has 0 spiro atoms. The molecule has 0 aliphatic carbocycles. The standard InChI is InChI=1S/C23H25ClFN3O3/c1-29-21-13-20-17(12-22(21)31-8-2-3-15-6-9-30-10-7-15)23(27-14-26-20)28-16-4-5-19(25)18(24)11-16/h4-5,11-15H,2-3,6-10H2,1H3,(H,26,27,28). The van der Waals surface area contributed by atoms with Crippen molar-refractivity contribution in [1.29, 1.82) is 0 Å². The van der Waals surface area contributed by atoms with Crippen LogP contribution in [-0.2, 0) is 4.74 Å². The fourth-order valence-corrected chi connectivity index (χ4v) is 3.92. The first kappa shape index (κ1) is 21.6. The smallest absolute Gasteiger partial charge is 0.162 e. The summed E-state index contributed by atoms with van der Waals surface area (Å²) in [5.74, 6) is 2.07. The number of ether oxygens (including phenoxy) is 3. The number of aromatic nitrogens is 2. The van der Waals surface area contributed by atoms with E-state index < -0.39 is 5.82 Å². The maximum absolute atomic E-state index is 13.5. The van der Waals surface area contributed by atoms with Gasteiger partial charge in [-0.05, 0) is 55.9 Å². The quantitative estimate of drug-likeness (QED) is 0.445. The first-order chi connectivity index (χ1) is 15.1. The predicted octanol–water partition coefficient (Wildman–Crippen LogP) is 5.76. The lowest BCUT2D eigenvalue weighted by Crippen LogP contribution is -2.16. The van der Waals surface area contributed by atoms with Crippen LogP contribution in [0.15, 0.2) is 36.7 Å². The first-order valence-electron chi connectivity index (χ1n) is 10.4. The molecule has 2 aromatic carbocycles. The molecule has 1 aliphatic rings. The highest BCUT2D eigenvalue weighted by Crippen LogP contribution is 2.35. The molecule has 8 heteroatoms. The van der Waals surface area contributed by atoms with Crippen LogP contribution >= 0.6 is 11.6 Å². The van der Waals surface area contributed by atoms with Crippen molar-refractivity contribution >= 4 is 34.0 Å². The van der Waals surface area contributed by atoms with Crippen LogP contribution in [-0.4, -0.2) is 36.9 Å². The summed E-state index contributed by atoms with van der Waals surface area (Å²) in [6.45, 7) is 2.32. The number of nitrogens with zero attached hydrogens (tertiary/aromatic N) is 2. The number of benzene rings is 2. The first-order valence-corrected chi connectivity index (χ1v) is 10.8. The van der Waals surface area contributed by atoms with E-state index in [2.05, 4.69) is 15.3 Å². The van der Waals surface area contributed by atoms with E-state index in [4.69, 9.17) is 25.8 Å². The van der Waals surface area contributed by atoms with Gasteiger partial charge in [0.2, 0.25) is 0 Å². The van der Waals surface area contributed by atoms with Gasteiger partial charge in [0.25, 0.3) is 0 Å². The molecule has 6 nitrogen and oxygen atoms in total. The van der Waals surface area contributed by atoms with E-state index in [-0.39, 0.29) is 5.02 Å². The number of nitrogens with one attached hydrogen (secondary N) is 1. The summed E-state index contributed by atoms with van der Waals surface area (Å²) in [5, 5.41) is 3.99. The highest BCUT2D eigenvalue weighted by Gasteiger charge is 2.15. The van der Waals surface area contributed by atoms with E-state index in [1.807, 2.05) is 12.1 Å². The third-order valence-corrected chi connectivity index (χ3v) is 5.75. The van der Waals surface area contributed by atoms with Crippen LogP contribution in [0.25, 0.3) is 10.9 Å². The number of methoxy groups -OCH3 is 1. The van der Waals surface area contributed by atoms with Gasteiger partial charge in [-0.25, -0.2) is 14.4 Å². The van der Waals surface area contributed by atoms with Gasteiger partial charge in [0, 0.05) is 30.4 Å². The van der Waals surface area contributed by atoms with Crippen LogP contribution in [0, 0.1) is 11.7 Å². The van der Waals surface area contributed by atoms with Crippen LogP contribution in [0.2, 0.25) is 5.02 Å². The van der Waals surface area contributed by atoms with E-state index in [0.29, 0.717) is 41.0 Å². The topological polar surface area (TPSA) is 65.5 Å². The number of rotatable bonds is 8. The molecule has 0 amide bonds. The average molecular weight is 446 g/mol. The zero-order valence-electron chi connectivity index (χ0n) is 17.4. The second-order valence-corrected chi connectivity index (χ2v) is 7.95. The van der Waals surface area contributed by atoms with Gasteiger partial charge >= 0.3 is 0 Å². The summed E-state index contributed by atoms with van der Waals surface area (Å²) in [7, 11) is 1.61. The second kappa shape index (κ2) is 10.1. The Hall–Kier alpha value is -2.64. The fraction of sp³-hybridized carbons (Fsp3) is 0.391. The highest BCUT2D eigenvalue weighted by molar-refractivity contribution is 6.31. The van der Waals surface area contributed by atoms with Gasteiger partial charge in [0.05, 0.1) is 24.3 Å². The van der Waals surface area contributed by atoms with E-state index in [1.54, 1.807) is 13.2 Å². The Morgan fingerprint density at radius 2 is 2.00 bits per heavy atom. The molecule has 2 heterocycles. The van der Waals surface area contributed by atoms with Crippen molar-refractivity contribution in [2.75, 3.05) is 32.2 Å². The van der Waals surface area contributed by atoms with Gasteiger partial charge in [-0.1, -0.05) is 11.6 Å². The molecule has 0 atom stereocenters. The van der Waals surface area contributed by atoms with Crippen LogP contribution in [0.1, 0.15) is 25.7 Å². The van der Waals surface area contributed by atoms with E-state index in [9.17, 15) is 4.39 Å². The lowest BCUT2D eigenvalue weighted by Gasteiger charge is -2.21. The summed E-state index contributed by atoms with van der Waals surface area (Å²) < 4.78 is 30.5. The zero-order chi connectivity index (χ0) is 21.6. The molecule has 1 N–H and O–H groups in total. The molecule has 3 aromatic rings. The molecule has 1 saturated heterocycles. The Labute approximate surface area is 185 Å². The van der Waals surface area contributed by atoms with Crippen molar-refractivity contribution in [3.05, 3.63) is 47.5 Å². The summed E-state index contributed by atoms with van der Waals surface area (Å²) in [5.41, 5.74) is 1.33. The second-order valence-electron chi connectivity index (χ2n) is 7.54. The summed E-state index contributed by atoms with van der Waals surface area (Å²) in [6, 6.07) is 8.13. The van der Waals surface area contributed by atoms with Crippen molar-refractivity contribution in [3.63, 3.8) is 0 Å². The van der Waals surface area contributed by atoms with Gasteiger partial charge < -0.3 is 19.5 Å². The van der Waals surface area contributed by atoms with Crippen LogP contribution in [0.4, 0.5) is 15.9 Å². The SMILES string of the molecule is COc1cc2ncnc(Nc3ccc(F)c(Cl)c3)c2cc1OCCCC1CCOCC1. The Morgan fingerprint density at radius 3 is 2.77 bits per heavy atom. The number of fused-ring (bicyclic) bond motifs is 1. The van der Waals surface area contributed by atoms with Gasteiger partial charge in [-0.2, -0.15) is 0 Å². The zero-order valence-corrected chi connectivity index (χ0v) is 18.1. The highest BCUT2D eigenvalue weighted by atomic mass is 35.5. The molecule has 164 valence electrons. The van der Waals surface area contributed by atoms with Crippen molar-refractivity contribution < 1.29 is 18.6 Å². The third kappa shape index (κ3) is 5.35. The van der Waals surface area contributed by atoms with Crippen LogP contribution in [0.3, 0.4) is 0 Å². The van der Waals surface area contributed by atoms with E-state index in [1.165, 1.54) is 18.5 Å². The summed E-state index contributed by atoms with van der Waals surface area (Å²) in [6.07, 6.45) is 5.80. The summed E-state index contributed by atoms with van der Waals surface area (Å²) in [4.78, 5) is 8.68. The molecule has 1 aromatic heterocycles. The minimum Gasteiger partial charge on any atom is -0.493 e.